The van der Waals surface area contributed by atoms with E-state index in [9.17, 15) is 5.11 Å². The molecule has 0 fully saturated rings. The molecule has 0 atom stereocenters. The van der Waals surface area contributed by atoms with Crippen LogP contribution < -0.4 is 0 Å². The normalized spacial score (nSPS) is 11.0. The van der Waals surface area contributed by atoms with E-state index in [1.54, 1.807) is 18.6 Å². The lowest BCUT2D eigenvalue weighted by Crippen LogP contribution is -1.97. The zero-order valence-corrected chi connectivity index (χ0v) is 12.3. The molecule has 4 aromatic rings. The molecule has 0 bridgehead atoms. The van der Waals surface area contributed by atoms with Crippen molar-refractivity contribution in [1.29, 1.82) is 0 Å². The molecule has 0 saturated heterocycles. The van der Waals surface area contributed by atoms with Crippen LogP contribution >= 0.6 is 0 Å². The molecule has 1 N–H and O–H groups in total. The third-order valence-corrected chi connectivity index (χ3v) is 3.74. The summed E-state index contributed by atoms with van der Waals surface area (Å²) in [6, 6.07) is 15.5. The van der Waals surface area contributed by atoms with Gasteiger partial charge in [-0.05, 0) is 35.9 Å². The minimum Gasteiger partial charge on any atom is -0.392 e. The average Bonchev–Trinajstić information content (AvgIpc) is 3.05. The number of rotatable bonds is 3. The van der Waals surface area contributed by atoms with Crippen LogP contribution in [-0.4, -0.2) is 24.7 Å². The van der Waals surface area contributed by atoms with E-state index in [-0.39, 0.29) is 6.61 Å². The highest BCUT2D eigenvalue weighted by Crippen LogP contribution is 2.23. The van der Waals surface area contributed by atoms with Crippen molar-refractivity contribution in [2.24, 2.45) is 0 Å². The Morgan fingerprint density at radius 3 is 2.65 bits per heavy atom. The van der Waals surface area contributed by atoms with E-state index in [0.717, 1.165) is 33.7 Å². The van der Waals surface area contributed by atoms with E-state index in [4.69, 9.17) is 5.10 Å². The maximum atomic E-state index is 9.32. The van der Waals surface area contributed by atoms with Crippen LogP contribution in [0.15, 0.2) is 67.1 Å². The molecule has 1 aromatic carbocycles. The largest absolute Gasteiger partial charge is 0.392 e. The Kier molecular flexibility index (Phi) is 3.33. The van der Waals surface area contributed by atoms with Crippen molar-refractivity contribution < 1.29 is 5.11 Å². The Hall–Kier alpha value is -3.05. The van der Waals surface area contributed by atoms with Gasteiger partial charge >= 0.3 is 0 Å². The zero-order valence-electron chi connectivity index (χ0n) is 12.3. The van der Waals surface area contributed by atoms with Gasteiger partial charge in [0.1, 0.15) is 0 Å². The zero-order chi connectivity index (χ0) is 15.6. The number of hydrogen-bond donors (Lipinski definition) is 1. The fourth-order valence-corrected chi connectivity index (χ4v) is 2.58. The maximum absolute atomic E-state index is 9.32. The molecule has 0 unspecified atom stereocenters. The molecule has 0 aliphatic carbocycles. The molecule has 23 heavy (non-hydrogen) atoms. The van der Waals surface area contributed by atoms with Gasteiger partial charge in [-0.25, -0.2) is 9.50 Å². The highest BCUT2D eigenvalue weighted by molar-refractivity contribution is 5.66. The number of benzene rings is 1. The van der Waals surface area contributed by atoms with Crippen molar-refractivity contribution in [3.8, 4) is 22.5 Å². The van der Waals surface area contributed by atoms with E-state index in [2.05, 4.69) is 9.97 Å². The van der Waals surface area contributed by atoms with Gasteiger partial charge in [-0.15, -0.1) is 0 Å². The number of aliphatic hydroxyl groups is 1. The number of hydrogen-bond acceptors (Lipinski definition) is 4. The van der Waals surface area contributed by atoms with Crippen LogP contribution in [-0.2, 0) is 6.61 Å². The molecule has 0 aliphatic rings. The van der Waals surface area contributed by atoms with Gasteiger partial charge < -0.3 is 5.11 Å². The van der Waals surface area contributed by atoms with Gasteiger partial charge in [-0.3, -0.25) is 4.98 Å². The molecule has 112 valence electrons. The fraction of sp³-hybridized carbons (Fsp3) is 0.0556. The predicted molar refractivity (Wildman–Crippen MR) is 87.6 cm³/mol. The van der Waals surface area contributed by atoms with Crippen molar-refractivity contribution in [3.63, 3.8) is 0 Å². The van der Waals surface area contributed by atoms with Crippen molar-refractivity contribution >= 4 is 5.65 Å². The van der Waals surface area contributed by atoms with E-state index >= 15 is 0 Å². The Morgan fingerprint density at radius 2 is 1.83 bits per heavy atom. The first-order valence-electron chi connectivity index (χ1n) is 7.30. The minimum atomic E-state index is 0.0142. The number of nitrogens with zero attached hydrogens (tertiary/aromatic N) is 4. The first kappa shape index (κ1) is 13.6. The summed E-state index contributed by atoms with van der Waals surface area (Å²) in [7, 11) is 0. The Bertz CT molecular complexity index is 963. The van der Waals surface area contributed by atoms with Gasteiger partial charge in [0, 0.05) is 23.5 Å². The molecular weight excluding hydrogens is 288 g/mol. The summed E-state index contributed by atoms with van der Waals surface area (Å²) in [5.41, 5.74) is 5.38. The molecular formula is C18H14N4O. The standard InChI is InChI=1S/C18H14N4O/c23-12-13-2-1-3-15(10-13)17-11-20-18-5-4-16(21-22(17)18)14-6-8-19-9-7-14/h1-11,23H,12H2. The SMILES string of the molecule is OCc1cccc(-c2cnc3ccc(-c4ccncc4)nn23)c1. The minimum absolute atomic E-state index is 0.0142. The van der Waals surface area contributed by atoms with Gasteiger partial charge in [0.25, 0.3) is 0 Å². The van der Waals surface area contributed by atoms with E-state index in [0.29, 0.717) is 0 Å². The van der Waals surface area contributed by atoms with Crippen molar-refractivity contribution in [1.82, 2.24) is 19.6 Å². The molecule has 4 rings (SSSR count). The van der Waals surface area contributed by atoms with Gasteiger partial charge in [0.2, 0.25) is 0 Å². The van der Waals surface area contributed by atoms with Crippen molar-refractivity contribution in [2.75, 3.05) is 0 Å². The molecule has 5 heteroatoms. The second kappa shape index (κ2) is 5.62. The third kappa shape index (κ3) is 2.47. The van der Waals surface area contributed by atoms with Crippen LogP contribution in [0.4, 0.5) is 0 Å². The van der Waals surface area contributed by atoms with Crippen LogP contribution in [0.25, 0.3) is 28.2 Å². The topological polar surface area (TPSA) is 63.3 Å². The number of imidazole rings is 1. The summed E-state index contributed by atoms with van der Waals surface area (Å²) >= 11 is 0. The van der Waals surface area contributed by atoms with Crippen LogP contribution in [0.2, 0.25) is 0 Å². The lowest BCUT2D eigenvalue weighted by atomic mass is 10.1. The second-order valence-electron chi connectivity index (χ2n) is 5.23. The monoisotopic (exact) mass is 302 g/mol. The number of pyridine rings is 1. The molecule has 5 nitrogen and oxygen atoms in total. The van der Waals surface area contributed by atoms with Gasteiger partial charge in [0.05, 0.1) is 24.2 Å². The van der Waals surface area contributed by atoms with Crippen LogP contribution in [0.1, 0.15) is 5.56 Å². The second-order valence-corrected chi connectivity index (χ2v) is 5.23. The lowest BCUT2D eigenvalue weighted by molar-refractivity contribution is 0.282. The summed E-state index contributed by atoms with van der Waals surface area (Å²) in [5, 5.41) is 14.0. The first-order chi connectivity index (χ1) is 11.3. The highest BCUT2D eigenvalue weighted by atomic mass is 16.3. The maximum Gasteiger partial charge on any atom is 0.154 e. The van der Waals surface area contributed by atoms with E-state index in [1.165, 1.54) is 0 Å². The third-order valence-electron chi connectivity index (χ3n) is 3.74. The quantitative estimate of drug-likeness (QED) is 0.632. The fourth-order valence-electron chi connectivity index (χ4n) is 2.58. The average molecular weight is 302 g/mol. The van der Waals surface area contributed by atoms with Gasteiger partial charge in [-0.2, -0.15) is 5.10 Å². The first-order valence-corrected chi connectivity index (χ1v) is 7.30. The van der Waals surface area contributed by atoms with Gasteiger partial charge in [-0.1, -0.05) is 18.2 Å². The summed E-state index contributed by atoms with van der Waals surface area (Å²) in [6.07, 6.45) is 5.30. The van der Waals surface area contributed by atoms with Crippen LogP contribution in [0, 0.1) is 0 Å². The summed E-state index contributed by atoms with van der Waals surface area (Å²) < 4.78 is 1.83. The highest BCUT2D eigenvalue weighted by Gasteiger charge is 2.09. The molecule has 0 spiro atoms. The van der Waals surface area contributed by atoms with Crippen molar-refractivity contribution in [2.45, 2.75) is 6.61 Å². The molecule has 3 heterocycles. The Morgan fingerprint density at radius 1 is 0.957 bits per heavy atom. The van der Waals surface area contributed by atoms with Gasteiger partial charge in [0.15, 0.2) is 5.65 Å². The van der Waals surface area contributed by atoms with Crippen LogP contribution in [0.3, 0.4) is 0 Å². The van der Waals surface area contributed by atoms with Crippen LogP contribution in [0.5, 0.6) is 0 Å². The Labute approximate surface area is 132 Å². The lowest BCUT2D eigenvalue weighted by Gasteiger charge is -2.05. The summed E-state index contributed by atoms with van der Waals surface area (Å²) in [5.74, 6) is 0. The molecule has 0 radical (unpaired) electrons. The summed E-state index contributed by atoms with van der Waals surface area (Å²) in [4.78, 5) is 8.45. The van der Waals surface area contributed by atoms with E-state index in [1.807, 2.05) is 53.0 Å². The molecule has 0 amide bonds. The number of fused-ring (bicyclic) bond motifs is 1. The summed E-state index contributed by atoms with van der Waals surface area (Å²) in [6.45, 7) is 0.0142. The van der Waals surface area contributed by atoms with Crippen molar-refractivity contribution in [3.05, 3.63) is 72.7 Å². The smallest absolute Gasteiger partial charge is 0.154 e. The number of aromatic nitrogens is 4. The predicted octanol–water partition coefficient (Wildman–Crippen LogP) is 2.95. The Balaban J connectivity index is 1.88. The molecule has 3 aromatic heterocycles. The number of aliphatic hydroxyl groups excluding tert-OH is 1. The van der Waals surface area contributed by atoms with E-state index < -0.39 is 0 Å². The molecule has 0 aliphatic heterocycles. The molecule has 0 saturated carbocycles.